The van der Waals surface area contributed by atoms with Crippen LogP contribution >= 0.6 is 11.8 Å². The van der Waals surface area contributed by atoms with Gasteiger partial charge < -0.3 is 5.11 Å². The van der Waals surface area contributed by atoms with Crippen LogP contribution in [-0.4, -0.2) is 31.3 Å². The number of hydrogen-bond acceptors (Lipinski definition) is 5. The van der Waals surface area contributed by atoms with Crippen molar-refractivity contribution in [3.05, 3.63) is 29.3 Å². The van der Waals surface area contributed by atoms with Gasteiger partial charge in [0.05, 0.1) is 5.56 Å². The molecular formula is C10H10N4O2S. The van der Waals surface area contributed by atoms with Crippen molar-refractivity contribution in [1.82, 2.24) is 20.2 Å². The number of tetrazole rings is 1. The largest absolute Gasteiger partial charge is 0.478 e. The molecule has 1 aromatic carbocycles. The van der Waals surface area contributed by atoms with E-state index in [9.17, 15) is 4.79 Å². The Morgan fingerprint density at radius 1 is 1.47 bits per heavy atom. The van der Waals surface area contributed by atoms with Crippen LogP contribution in [0, 0.1) is 6.92 Å². The first-order valence-corrected chi connectivity index (χ1v) is 5.63. The summed E-state index contributed by atoms with van der Waals surface area (Å²) >= 11 is 1.23. The monoisotopic (exact) mass is 250 g/mol. The van der Waals surface area contributed by atoms with Crippen molar-refractivity contribution in [1.29, 1.82) is 0 Å². The minimum Gasteiger partial charge on any atom is -0.478 e. The predicted molar refractivity (Wildman–Crippen MR) is 61.1 cm³/mol. The number of carboxylic acids is 1. The zero-order valence-electron chi connectivity index (χ0n) is 9.28. The number of aryl methyl sites for hydroxylation is 2. The lowest BCUT2D eigenvalue weighted by Gasteiger charge is -2.05. The van der Waals surface area contributed by atoms with E-state index in [1.54, 1.807) is 19.2 Å². The normalized spacial score (nSPS) is 10.5. The van der Waals surface area contributed by atoms with E-state index in [1.807, 2.05) is 13.0 Å². The minimum absolute atomic E-state index is 0.262. The number of benzene rings is 1. The van der Waals surface area contributed by atoms with Gasteiger partial charge in [-0.3, -0.25) is 0 Å². The second-order valence-corrected chi connectivity index (χ2v) is 4.50. The molecule has 0 aliphatic carbocycles. The van der Waals surface area contributed by atoms with Crippen LogP contribution in [0.15, 0.2) is 28.3 Å². The molecule has 7 heteroatoms. The van der Waals surface area contributed by atoms with Gasteiger partial charge in [-0.2, -0.15) is 0 Å². The Kier molecular flexibility index (Phi) is 3.10. The first-order chi connectivity index (χ1) is 8.08. The van der Waals surface area contributed by atoms with Crippen LogP contribution in [0.1, 0.15) is 15.9 Å². The van der Waals surface area contributed by atoms with Crippen molar-refractivity contribution in [3.63, 3.8) is 0 Å². The highest BCUT2D eigenvalue weighted by Crippen LogP contribution is 2.28. The van der Waals surface area contributed by atoms with Gasteiger partial charge >= 0.3 is 5.97 Å². The van der Waals surface area contributed by atoms with E-state index in [0.717, 1.165) is 5.56 Å². The summed E-state index contributed by atoms with van der Waals surface area (Å²) in [5.41, 5.74) is 1.17. The lowest BCUT2D eigenvalue weighted by molar-refractivity contribution is 0.0693. The quantitative estimate of drug-likeness (QED) is 0.886. The van der Waals surface area contributed by atoms with Crippen LogP contribution in [0.3, 0.4) is 0 Å². The minimum atomic E-state index is -0.952. The SMILES string of the molecule is Cc1ccc(Sc2nnnn2C)c(C(=O)O)c1. The van der Waals surface area contributed by atoms with Crippen molar-refractivity contribution in [3.8, 4) is 0 Å². The zero-order chi connectivity index (χ0) is 12.4. The molecule has 0 unspecified atom stereocenters. The lowest BCUT2D eigenvalue weighted by atomic mass is 10.1. The van der Waals surface area contributed by atoms with Crippen molar-refractivity contribution in [2.45, 2.75) is 17.0 Å². The Hall–Kier alpha value is -1.89. The first kappa shape index (κ1) is 11.6. The van der Waals surface area contributed by atoms with Gasteiger partial charge in [-0.05, 0) is 41.2 Å². The maximum atomic E-state index is 11.1. The second-order valence-electron chi connectivity index (χ2n) is 3.49. The summed E-state index contributed by atoms with van der Waals surface area (Å²) in [7, 11) is 1.71. The van der Waals surface area contributed by atoms with Gasteiger partial charge in [0, 0.05) is 11.9 Å². The third-order valence-electron chi connectivity index (χ3n) is 2.15. The summed E-state index contributed by atoms with van der Waals surface area (Å²) in [4.78, 5) is 11.7. The van der Waals surface area contributed by atoms with Crippen LogP contribution in [0.4, 0.5) is 0 Å². The molecule has 6 nitrogen and oxygen atoms in total. The Balaban J connectivity index is 2.39. The fourth-order valence-electron chi connectivity index (χ4n) is 1.31. The van der Waals surface area contributed by atoms with Crippen LogP contribution < -0.4 is 0 Å². The Morgan fingerprint density at radius 3 is 2.82 bits per heavy atom. The Bertz CT molecular complexity index is 567. The molecule has 0 aliphatic rings. The van der Waals surface area contributed by atoms with Gasteiger partial charge in [0.1, 0.15) is 0 Å². The molecule has 0 aliphatic heterocycles. The van der Waals surface area contributed by atoms with Crippen molar-refractivity contribution in [2.24, 2.45) is 7.05 Å². The molecule has 0 saturated carbocycles. The average Bonchev–Trinajstić information content (AvgIpc) is 2.67. The molecule has 2 aromatic rings. The predicted octanol–water partition coefficient (Wildman–Crippen LogP) is 1.37. The molecule has 17 heavy (non-hydrogen) atoms. The van der Waals surface area contributed by atoms with E-state index in [-0.39, 0.29) is 5.56 Å². The summed E-state index contributed by atoms with van der Waals surface area (Å²) in [6, 6.07) is 5.26. The standard InChI is InChI=1S/C10H10N4O2S/c1-6-3-4-8(7(5-6)9(15)16)17-10-11-12-13-14(10)2/h3-5H,1-2H3,(H,15,16). The van der Waals surface area contributed by atoms with E-state index in [0.29, 0.717) is 10.1 Å². The van der Waals surface area contributed by atoms with E-state index >= 15 is 0 Å². The summed E-state index contributed by atoms with van der Waals surface area (Å²) in [6.45, 7) is 1.85. The number of aromatic carboxylic acids is 1. The van der Waals surface area contributed by atoms with Gasteiger partial charge in [-0.15, -0.1) is 5.10 Å². The van der Waals surface area contributed by atoms with Gasteiger partial charge in [-0.1, -0.05) is 11.6 Å². The van der Waals surface area contributed by atoms with E-state index in [2.05, 4.69) is 15.5 Å². The molecule has 0 spiro atoms. The molecule has 0 saturated heterocycles. The molecule has 0 radical (unpaired) electrons. The van der Waals surface area contributed by atoms with Gasteiger partial charge in [0.25, 0.3) is 0 Å². The number of rotatable bonds is 3. The molecular weight excluding hydrogens is 240 g/mol. The second kappa shape index (κ2) is 4.54. The number of hydrogen-bond donors (Lipinski definition) is 1. The number of carboxylic acid groups (broad SMARTS) is 1. The Morgan fingerprint density at radius 2 is 2.24 bits per heavy atom. The van der Waals surface area contributed by atoms with E-state index < -0.39 is 5.97 Å². The average molecular weight is 250 g/mol. The summed E-state index contributed by atoms with van der Waals surface area (Å²) < 4.78 is 1.50. The number of nitrogens with zero attached hydrogens (tertiary/aromatic N) is 4. The van der Waals surface area contributed by atoms with E-state index in [4.69, 9.17) is 5.11 Å². The fourth-order valence-corrected chi connectivity index (χ4v) is 2.14. The van der Waals surface area contributed by atoms with E-state index in [1.165, 1.54) is 16.4 Å². The molecule has 0 atom stereocenters. The van der Waals surface area contributed by atoms with Crippen molar-refractivity contribution < 1.29 is 9.90 Å². The molecule has 88 valence electrons. The highest BCUT2D eigenvalue weighted by Gasteiger charge is 2.13. The fraction of sp³-hybridized carbons (Fsp3) is 0.200. The maximum Gasteiger partial charge on any atom is 0.336 e. The van der Waals surface area contributed by atoms with Gasteiger partial charge in [0.15, 0.2) is 0 Å². The highest BCUT2D eigenvalue weighted by atomic mass is 32.2. The van der Waals surface area contributed by atoms with Gasteiger partial charge in [0.2, 0.25) is 5.16 Å². The maximum absolute atomic E-state index is 11.1. The molecule has 1 N–H and O–H groups in total. The lowest BCUT2D eigenvalue weighted by Crippen LogP contribution is -2.00. The van der Waals surface area contributed by atoms with Crippen LogP contribution in [0.25, 0.3) is 0 Å². The van der Waals surface area contributed by atoms with Gasteiger partial charge in [-0.25, -0.2) is 9.48 Å². The molecule has 2 rings (SSSR count). The molecule has 0 fully saturated rings. The van der Waals surface area contributed by atoms with Crippen molar-refractivity contribution >= 4 is 17.7 Å². The van der Waals surface area contributed by atoms with Crippen LogP contribution in [0.5, 0.6) is 0 Å². The molecule has 0 bridgehead atoms. The van der Waals surface area contributed by atoms with Crippen LogP contribution in [-0.2, 0) is 7.05 Å². The topological polar surface area (TPSA) is 80.9 Å². The number of aromatic nitrogens is 4. The third-order valence-corrected chi connectivity index (χ3v) is 3.25. The third kappa shape index (κ3) is 2.44. The number of carbonyl (C=O) groups is 1. The molecule has 1 heterocycles. The summed E-state index contributed by atoms with van der Waals surface area (Å²) in [5, 5.41) is 20.7. The smallest absolute Gasteiger partial charge is 0.336 e. The highest BCUT2D eigenvalue weighted by molar-refractivity contribution is 7.99. The Labute approximate surface area is 102 Å². The summed E-state index contributed by atoms with van der Waals surface area (Å²) in [5.74, 6) is -0.952. The first-order valence-electron chi connectivity index (χ1n) is 4.82. The molecule has 0 amide bonds. The van der Waals surface area contributed by atoms with Crippen LogP contribution in [0.2, 0.25) is 0 Å². The molecule has 1 aromatic heterocycles. The zero-order valence-corrected chi connectivity index (χ0v) is 10.1. The van der Waals surface area contributed by atoms with Crippen molar-refractivity contribution in [2.75, 3.05) is 0 Å². The summed E-state index contributed by atoms with van der Waals surface area (Å²) in [6.07, 6.45) is 0.